The van der Waals surface area contributed by atoms with Gasteiger partial charge in [-0.15, -0.1) is 0 Å². The summed E-state index contributed by atoms with van der Waals surface area (Å²) >= 11 is 0. The highest BCUT2D eigenvalue weighted by Gasteiger charge is 2.25. The molecule has 0 saturated carbocycles. The number of carbonyl (C=O) groups excluding carboxylic acids is 1. The highest BCUT2D eigenvalue weighted by molar-refractivity contribution is 5.94. The van der Waals surface area contributed by atoms with Gasteiger partial charge >= 0.3 is 0 Å². The average molecular weight is 425 g/mol. The van der Waals surface area contributed by atoms with Crippen molar-refractivity contribution in [2.24, 2.45) is 12.0 Å². The minimum atomic E-state index is -0.0129. The van der Waals surface area contributed by atoms with Gasteiger partial charge in [0, 0.05) is 57.6 Å². The van der Waals surface area contributed by atoms with Crippen LogP contribution in [0.25, 0.3) is 0 Å². The number of benzene rings is 1. The Morgan fingerprint density at radius 1 is 1.16 bits per heavy atom. The maximum atomic E-state index is 12.6. The van der Waals surface area contributed by atoms with Gasteiger partial charge in [0.25, 0.3) is 5.91 Å². The molecule has 1 amide bonds. The molecule has 0 aliphatic carbocycles. The van der Waals surface area contributed by atoms with E-state index in [2.05, 4.69) is 20.3 Å². The highest BCUT2D eigenvalue weighted by Crippen LogP contribution is 2.21. The molecule has 4 rings (SSSR count). The summed E-state index contributed by atoms with van der Waals surface area (Å²) in [4.78, 5) is 21.3. The summed E-state index contributed by atoms with van der Waals surface area (Å²) in [6.07, 6.45) is 7.28. The first-order valence-electron chi connectivity index (χ1n) is 11.1. The molecule has 2 saturated heterocycles. The van der Waals surface area contributed by atoms with Gasteiger partial charge in [0.1, 0.15) is 6.10 Å². The lowest BCUT2D eigenvalue weighted by Gasteiger charge is -2.34. The van der Waals surface area contributed by atoms with Crippen molar-refractivity contribution in [3.05, 3.63) is 53.3 Å². The predicted octanol–water partition coefficient (Wildman–Crippen LogP) is 2.20. The smallest absolute Gasteiger partial charge is 0.253 e. The van der Waals surface area contributed by atoms with Gasteiger partial charge in [0.15, 0.2) is 5.96 Å². The van der Waals surface area contributed by atoms with Crippen molar-refractivity contribution < 1.29 is 9.53 Å². The Hall–Kier alpha value is -2.87. The number of guanidine groups is 1. The Morgan fingerprint density at radius 2 is 1.94 bits per heavy atom. The molecule has 2 aliphatic rings. The molecule has 1 aromatic carbocycles. The first kappa shape index (κ1) is 21.4. The van der Waals surface area contributed by atoms with Crippen LogP contribution in [0.2, 0.25) is 0 Å². The number of ether oxygens (including phenoxy) is 1. The maximum Gasteiger partial charge on any atom is 0.253 e. The van der Waals surface area contributed by atoms with Crippen LogP contribution in [-0.2, 0) is 18.3 Å². The fraction of sp³-hybridized carbons (Fsp3) is 0.522. The number of aliphatic imine (C=N–C) groups is 1. The van der Waals surface area contributed by atoms with Gasteiger partial charge in [-0.1, -0.05) is 12.1 Å². The number of nitrogens with zero attached hydrogens (tertiary/aromatic N) is 5. The number of amides is 1. The summed E-state index contributed by atoms with van der Waals surface area (Å²) in [7, 11) is 3.72. The molecule has 0 bridgehead atoms. The Kier molecular flexibility index (Phi) is 6.86. The number of hydrogen-bond acceptors (Lipinski definition) is 4. The summed E-state index contributed by atoms with van der Waals surface area (Å²) < 4.78 is 7.73. The number of piperidine rings is 1. The van der Waals surface area contributed by atoms with Crippen LogP contribution in [-0.4, -0.2) is 71.3 Å². The van der Waals surface area contributed by atoms with E-state index in [1.807, 2.05) is 48.6 Å². The van der Waals surface area contributed by atoms with Crippen LogP contribution >= 0.6 is 0 Å². The second kappa shape index (κ2) is 9.96. The monoisotopic (exact) mass is 424 g/mol. The van der Waals surface area contributed by atoms with Crippen molar-refractivity contribution in [3.8, 4) is 0 Å². The lowest BCUT2D eigenvalue weighted by molar-refractivity contribution is -0.00805. The van der Waals surface area contributed by atoms with Crippen LogP contribution in [0, 0.1) is 0 Å². The molecule has 2 fully saturated rings. The zero-order valence-electron chi connectivity index (χ0n) is 18.5. The topological polar surface area (TPSA) is 75.0 Å². The first-order valence-corrected chi connectivity index (χ1v) is 11.1. The van der Waals surface area contributed by atoms with E-state index in [1.54, 1.807) is 11.7 Å². The molecule has 31 heavy (non-hydrogen) atoms. The lowest BCUT2D eigenvalue weighted by atomic mass is 10.1. The van der Waals surface area contributed by atoms with Crippen molar-refractivity contribution in [1.29, 1.82) is 0 Å². The molecule has 1 unspecified atom stereocenters. The normalized spacial score (nSPS) is 20.1. The van der Waals surface area contributed by atoms with E-state index in [1.165, 1.54) is 6.42 Å². The van der Waals surface area contributed by atoms with Gasteiger partial charge < -0.3 is 19.9 Å². The number of nitrogens with one attached hydrogen (secondary N) is 1. The van der Waals surface area contributed by atoms with E-state index in [0.717, 1.165) is 61.7 Å². The number of aryl methyl sites for hydroxylation is 1. The summed E-state index contributed by atoms with van der Waals surface area (Å²) in [6.45, 7) is 4.57. The molecular formula is C23H32N6O2. The molecule has 8 heteroatoms. The van der Waals surface area contributed by atoms with Gasteiger partial charge in [-0.3, -0.25) is 14.5 Å². The second-order valence-corrected chi connectivity index (χ2v) is 8.20. The Balaban J connectivity index is 1.32. The molecule has 2 aromatic rings. The number of hydrogen-bond donors (Lipinski definition) is 1. The van der Waals surface area contributed by atoms with Crippen molar-refractivity contribution in [2.75, 3.05) is 39.8 Å². The third kappa shape index (κ3) is 5.25. The Bertz CT molecular complexity index is 901. The molecule has 0 spiro atoms. The molecular weight excluding hydrogens is 392 g/mol. The maximum absolute atomic E-state index is 12.6. The van der Waals surface area contributed by atoms with Crippen molar-refractivity contribution in [2.45, 2.75) is 31.9 Å². The minimum absolute atomic E-state index is 0.0129. The quantitative estimate of drug-likeness (QED) is 0.602. The summed E-state index contributed by atoms with van der Waals surface area (Å²) in [5.74, 6) is 0.996. The van der Waals surface area contributed by atoms with E-state index in [9.17, 15) is 4.79 Å². The van der Waals surface area contributed by atoms with Gasteiger partial charge in [-0.25, -0.2) is 0 Å². The van der Waals surface area contributed by atoms with Gasteiger partial charge in [-0.05, 0) is 37.0 Å². The molecule has 1 atom stereocenters. The summed E-state index contributed by atoms with van der Waals surface area (Å²) in [5, 5.41) is 7.70. The zero-order valence-corrected chi connectivity index (χ0v) is 18.5. The standard InChI is InChI=1S/C23H32N6O2/c1-24-23(29-12-13-31-21(17-29)20-15-26-27(2)16-20)25-14-18-6-8-19(9-7-18)22(30)28-10-4-3-5-11-28/h6-9,15-16,21H,3-5,10-14,17H2,1-2H3,(H,24,25). The van der Waals surface area contributed by atoms with E-state index in [0.29, 0.717) is 13.2 Å². The largest absolute Gasteiger partial charge is 0.370 e. The van der Waals surface area contributed by atoms with Crippen molar-refractivity contribution in [1.82, 2.24) is 24.9 Å². The van der Waals surface area contributed by atoms with E-state index in [-0.39, 0.29) is 12.0 Å². The van der Waals surface area contributed by atoms with Gasteiger partial charge in [0.2, 0.25) is 0 Å². The van der Waals surface area contributed by atoms with Crippen LogP contribution in [0.3, 0.4) is 0 Å². The first-order chi connectivity index (χ1) is 15.1. The van der Waals surface area contributed by atoms with Crippen LogP contribution in [0.15, 0.2) is 41.7 Å². The number of morpholine rings is 1. The highest BCUT2D eigenvalue weighted by atomic mass is 16.5. The second-order valence-electron chi connectivity index (χ2n) is 8.20. The minimum Gasteiger partial charge on any atom is -0.370 e. The third-order valence-electron chi connectivity index (χ3n) is 5.97. The van der Waals surface area contributed by atoms with Crippen LogP contribution in [0.4, 0.5) is 0 Å². The predicted molar refractivity (Wildman–Crippen MR) is 120 cm³/mol. The summed E-state index contributed by atoms with van der Waals surface area (Å²) in [6, 6.07) is 7.91. The van der Waals surface area contributed by atoms with Crippen molar-refractivity contribution in [3.63, 3.8) is 0 Å². The molecule has 1 N–H and O–H groups in total. The fourth-order valence-electron chi connectivity index (χ4n) is 4.21. The number of rotatable bonds is 4. The SMILES string of the molecule is CN=C(NCc1ccc(C(=O)N2CCCCC2)cc1)N1CCOC(c2cnn(C)c2)C1. The zero-order chi connectivity index (χ0) is 21.6. The van der Waals surface area contributed by atoms with E-state index < -0.39 is 0 Å². The molecule has 0 radical (unpaired) electrons. The molecule has 166 valence electrons. The Labute approximate surface area is 183 Å². The molecule has 2 aliphatic heterocycles. The van der Waals surface area contributed by atoms with Gasteiger partial charge in [0.05, 0.1) is 19.3 Å². The van der Waals surface area contributed by atoms with Crippen LogP contribution < -0.4 is 5.32 Å². The fourth-order valence-corrected chi connectivity index (χ4v) is 4.21. The van der Waals surface area contributed by atoms with Crippen molar-refractivity contribution >= 4 is 11.9 Å². The van der Waals surface area contributed by atoms with E-state index in [4.69, 9.17) is 4.74 Å². The molecule has 3 heterocycles. The van der Waals surface area contributed by atoms with Crippen LogP contribution in [0.5, 0.6) is 0 Å². The number of carbonyl (C=O) groups is 1. The van der Waals surface area contributed by atoms with Gasteiger partial charge in [-0.2, -0.15) is 5.10 Å². The Morgan fingerprint density at radius 3 is 2.61 bits per heavy atom. The lowest BCUT2D eigenvalue weighted by Crippen LogP contribution is -2.47. The molecule has 1 aromatic heterocycles. The third-order valence-corrected chi connectivity index (χ3v) is 5.97. The van der Waals surface area contributed by atoms with Crippen LogP contribution in [0.1, 0.15) is 46.9 Å². The summed E-state index contributed by atoms with van der Waals surface area (Å²) in [5.41, 5.74) is 2.97. The van der Waals surface area contributed by atoms with E-state index >= 15 is 0 Å². The number of likely N-dealkylation sites (tertiary alicyclic amines) is 1. The molecule has 8 nitrogen and oxygen atoms in total. The number of aromatic nitrogens is 2. The average Bonchev–Trinajstić information content (AvgIpc) is 3.26.